The fourth-order valence-electron chi connectivity index (χ4n) is 4.93. The third-order valence-corrected chi connectivity index (χ3v) is 6.89. The number of para-hydroxylation sites is 1. The molecule has 202 valence electrons. The topological polar surface area (TPSA) is 111 Å². The largest absolute Gasteiger partial charge is 0.493 e. The van der Waals surface area contributed by atoms with Crippen molar-refractivity contribution < 1.29 is 19.1 Å². The summed E-state index contributed by atoms with van der Waals surface area (Å²) in [5, 5.41) is 15.9. The van der Waals surface area contributed by atoms with Gasteiger partial charge in [0.05, 0.1) is 14.2 Å². The highest BCUT2D eigenvalue weighted by atomic mass is 16.5. The maximum absolute atomic E-state index is 13.8. The molecule has 1 aliphatic rings. The number of tetrazole rings is 1. The number of anilines is 1. The van der Waals surface area contributed by atoms with E-state index in [-0.39, 0.29) is 24.4 Å². The number of rotatable bonds is 11. The van der Waals surface area contributed by atoms with Crippen LogP contribution < -0.4 is 19.7 Å². The number of methoxy groups -OCH3 is 2. The van der Waals surface area contributed by atoms with Crippen molar-refractivity contribution in [2.24, 2.45) is 0 Å². The number of nitrogens with zero attached hydrogens (tertiary/aromatic N) is 5. The van der Waals surface area contributed by atoms with E-state index in [1.807, 2.05) is 38.1 Å². The van der Waals surface area contributed by atoms with Crippen LogP contribution in [0.1, 0.15) is 51.0 Å². The highest BCUT2D eigenvalue weighted by molar-refractivity contribution is 6.01. The molecule has 10 nitrogen and oxygen atoms in total. The molecule has 0 unspecified atom stereocenters. The Morgan fingerprint density at radius 3 is 2.53 bits per heavy atom. The lowest BCUT2D eigenvalue weighted by atomic mass is 10.0. The third-order valence-electron chi connectivity index (χ3n) is 6.89. The Bertz CT molecular complexity index is 1250. The average Bonchev–Trinajstić information content (AvgIpc) is 3.61. The maximum Gasteiger partial charge on any atom is 0.251 e. The van der Waals surface area contributed by atoms with Gasteiger partial charge in [0, 0.05) is 17.3 Å². The van der Waals surface area contributed by atoms with Gasteiger partial charge in [-0.2, -0.15) is 4.80 Å². The van der Waals surface area contributed by atoms with Crippen LogP contribution in [-0.4, -0.2) is 58.3 Å². The van der Waals surface area contributed by atoms with Crippen molar-refractivity contribution >= 4 is 17.5 Å². The van der Waals surface area contributed by atoms with Gasteiger partial charge in [-0.25, -0.2) is 0 Å². The quantitative estimate of drug-likeness (QED) is 0.408. The standard InChI is InChI=1S/C28H36N6O4/c1-5-10-23(28(36)29-21-12-7-8-13-21)34(22-14-9-6-11-19(22)2)26(35)18-33-31-27(30-32-33)20-15-16-24(37-3)25(17-20)38-4/h6,9,11,14-17,21,23H,5,7-8,10,12-13,18H2,1-4H3,(H,29,36)/t23-/m1/s1. The molecule has 10 heteroatoms. The van der Waals surface area contributed by atoms with Crippen molar-refractivity contribution in [3.05, 3.63) is 48.0 Å². The predicted molar refractivity (Wildman–Crippen MR) is 144 cm³/mol. The van der Waals surface area contributed by atoms with E-state index in [2.05, 4.69) is 20.7 Å². The molecule has 0 saturated heterocycles. The zero-order valence-corrected chi connectivity index (χ0v) is 22.5. The van der Waals surface area contributed by atoms with E-state index in [4.69, 9.17) is 9.47 Å². The lowest BCUT2D eigenvalue weighted by Crippen LogP contribution is -2.52. The summed E-state index contributed by atoms with van der Waals surface area (Å²) in [5.41, 5.74) is 2.29. The van der Waals surface area contributed by atoms with Gasteiger partial charge >= 0.3 is 0 Å². The van der Waals surface area contributed by atoms with Crippen LogP contribution in [0.3, 0.4) is 0 Å². The maximum atomic E-state index is 13.8. The van der Waals surface area contributed by atoms with E-state index in [0.717, 1.165) is 37.7 Å². The first-order valence-electron chi connectivity index (χ1n) is 13.1. The van der Waals surface area contributed by atoms with Crippen molar-refractivity contribution in [1.82, 2.24) is 25.5 Å². The highest BCUT2D eigenvalue weighted by Gasteiger charge is 2.33. The fourth-order valence-corrected chi connectivity index (χ4v) is 4.93. The molecule has 0 bridgehead atoms. The minimum atomic E-state index is -0.636. The van der Waals surface area contributed by atoms with Gasteiger partial charge in [-0.05, 0) is 61.2 Å². The number of hydrogen-bond acceptors (Lipinski definition) is 7. The van der Waals surface area contributed by atoms with E-state index >= 15 is 0 Å². The minimum Gasteiger partial charge on any atom is -0.493 e. The Morgan fingerprint density at radius 1 is 1.11 bits per heavy atom. The van der Waals surface area contributed by atoms with Crippen molar-refractivity contribution in [3.63, 3.8) is 0 Å². The number of ether oxygens (including phenoxy) is 2. The molecule has 3 aromatic rings. The Kier molecular flexibility index (Phi) is 8.93. The average molecular weight is 521 g/mol. The predicted octanol–water partition coefficient (Wildman–Crippen LogP) is 3.93. The first kappa shape index (κ1) is 27.1. The summed E-state index contributed by atoms with van der Waals surface area (Å²) >= 11 is 0. The first-order chi connectivity index (χ1) is 18.4. The highest BCUT2D eigenvalue weighted by Crippen LogP contribution is 2.31. The molecule has 1 N–H and O–H groups in total. The molecular weight excluding hydrogens is 484 g/mol. The Labute approximate surface area is 223 Å². The van der Waals surface area contributed by atoms with Gasteiger partial charge in [0.15, 0.2) is 11.5 Å². The van der Waals surface area contributed by atoms with Gasteiger partial charge in [-0.15, -0.1) is 10.2 Å². The second kappa shape index (κ2) is 12.5. The second-order valence-corrected chi connectivity index (χ2v) is 9.56. The minimum absolute atomic E-state index is 0.118. The number of benzene rings is 2. The van der Waals surface area contributed by atoms with Crippen molar-refractivity contribution in [3.8, 4) is 22.9 Å². The zero-order chi connectivity index (χ0) is 27.1. The van der Waals surface area contributed by atoms with Crippen LogP contribution in [0.15, 0.2) is 42.5 Å². The number of hydrogen-bond donors (Lipinski definition) is 1. The molecule has 1 fully saturated rings. The van der Waals surface area contributed by atoms with Crippen LogP contribution in [0, 0.1) is 6.92 Å². The van der Waals surface area contributed by atoms with Crippen LogP contribution in [-0.2, 0) is 16.1 Å². The summed E-state index contributed by atoms with van der Waals surface area (Å²) in [7, 11) is 3.12. The number of carbonyl (C=O) groups excluding carboxylic acids is 2. The van der Waals surface area contributed by atoms with E-state index in [1.165, 1.54) is 4.80 Å². The summed E-state index contributed by atoms with van der Waals surface area (Å²) in [6, 6.07) is 12.5. The summed E-state index contributed by atoms with van der Waals surface area (Å²) in [4.78, 5) is 30.2. The Balaban J connectivity index is 1.60. The van der Waals surface area contributed by atoms with Crippen LogP contribution in [0.2, 0.25) is 0 Å². The van der Waals surface area contributed by atoms with Crippen LogP contribution >= 0.6 is 0 Å². The van der Waals surface area contributed by atoms with Gasteiger partial charge in [-0.3, -0.25) is 14.5 Å². The van der Waals surface area contributed by atoms with E-state index in [9.17, 15) is 9.59 Å². The van der Waals surface area contributed by atoms with E-state index in [0.29, 0.717) is 35.0 Å². The molecule has 38 heavy (non-hydrogen) atoms. The van der Waals surface area contributed by atoms with Crippen LogP contribution in [0.4, 0.5) is 5.69 Å². The Hall–Kier alpha value is -3.95. The Morgan fingerprint density at radius 2 is 1.84 bits per heavy atom. The molecule has 2 amide bonds. The molecule has 4 rings (SSSR count). The number of amides is 2. The van der Waals surface area contributed by atoms with E-state index in [1.54, 1.807) is 37.3 Å². The smallest absolute Gasteiger partial charge is 0.251 e. The molecule has 0 spiro atoms. The molecule has 1 atom stereocenters. The van der Waals surface area contributed by atoms with Crippen LogP contribution in [0.5, 0.6) is 11.5 Å². The summed E-state index contributed by atoms with van der Waals surface area (Å²) in [6.07, 6.45) is 5.48. The van der Waals surface area contributed by atoms with Crippen molar-refractivity contribution in [1.29, 1.82) is 0 Å². The summed E-state index contributed by atoms with van der Waals surface area (Å²) in [5.74, 6) is 1.08. The molecule has 1 heterocycles. The fraction of sp³-hybridized carbons (Fsp3) is 0.464. The number of aromatic nitrogens is 4. The third kappa shape index (κ3) is 6.12. The summed E-state index contributed by atoms with van der Waals surface area (Å²) < 4.78 is 10.7. The number of aryl methyl sites for hydroxylation is 1. The molecule has 1 aromatic heterocycles. The molecule has 2 aromatic carbocycles. The monoisotopic (exact) mass is 520 g/mol. The second-order valence-electron chi connectivity index (χ2n) is 9.56. The SMILES string of the molecule is CCC[C@H](C(=O)NC1CCCC1)N(C(=O)Cn1nnc(-c2ccc(OC)c(OC)c2)n1)c1ccccc1C. The van der Waals surface area contributed by atoms with Gasteiger partial charge in [0.25, 0.3) is 5.91 Å². The number of nitrogens with one attached hydrogen (secondary N) is 1. The van der Waals surface area contributed by atoms with Crippen molar-refractivity contribution in [2.45, 2.75) is 71.0 Å². The molecule has 0 aliphatic heterocycles. The van der Waals surface area contributed by atoms with E-state index < -0.39 is 6.04 Å². The van der Waals surface area contributed by atoms with Gasteiger partial charge < -0.3 is 14.8 Å². The summed E-state index contributed by atoms with van der Waals surface area (Å²) in [6.45, 7) is 3.80. The van der Waals surface area contributed by atoms with Gasteiger partial charge in [0.2, 0.25) is 11.7 Å². The number of carbonyl (C=O) groups is 2. The molecular formula is C28H36N6O4. The van der Waals surface area contributed by atoms with Gasteiger partial charge in [-0.1, -0.05) is 44.4 Å². The normalized spacial score (nSPS) is 14.2. The lowest BCUT2D eigenvalue weighted by molar-refractivity contribution is -0.127. The lowest BCUT2D eigenvalue weighted by Gasteiger charge is -2.32. The molecule has 0 radical (unpaired) electrons. The van der Waals surface area contributed by atoms with Crippen LogP contribution in [0.25, 0.3) is 11.4 Å². The first-order valence-corrected chi connectivity index (χ1v) is 13.1. The zero-order valence-electron chi connectivity index (χ0n) is 22.5. The van der Waals surface area contributed by atoms with Crippen molar-refractivity contribution in [2.75, 3.05) is 19.1 Å². The molecule has 1 aliphatic carbocycles. The molecule has 1 saturated carbocycles. The van der Waals surface area contributed by atoms with Gasteiger partial charge in [0.1, 0.15) is 12.6 Å².